The second-order valence-electron chi connectivity index (χ2n) is 7.40. The Kier molecular flexibility index (Phi) is 5.05. The van der Waals surface area contributed by atoms with Gasteiger partial charge in [0.15, 0.2) is 0 Å². The van der Waals surface area contributed by atoms with Crippen LogP contribution < -0.4 is 19.7 Å². The van der Waals surface area contributed by atoms with Crippen LogP contribution in [0.4, 0.5) is 11.5 Å². The van der Waals surface area contributed by atoms with Gasteiger partial charge in [0.05, 0.1) is 14.2 Å². The second kappa shape index (κ2) is 7.62. The zero-order valence-corrected chi connectivity index (χ0v) is 16.4. The molecule has 0 amide bonds. The smallest absolute Gasteiger partial charge is 0.133 e. The molecule has 1 aliphatic carbocycles. The molecule has 2 aromatic rings. The second-order valence-corrected chi connectivity index (χ2v) is 7.40. The Morgan fingerprint density at radius 2 is 1.78 bits per heavy atom. The van der Waals surface area contributed by atoms with Gasteiger partial charge in [-0.1, -0.05) is 0 Å². The number of rotatable bonds is 5. The molecule has 0 radical (unpaired) electrons. The Hall–Kier alpha value is -2.50. The Morgan fingerprint density at radius 1 is 1.04 bits per heavy atom. The minimum absolute atomic E-state index is 0.377. The van der Waals surface area contributed by atoms with Crippen LogP contribution in [-0.4, -0.2) is 43.3 Å². The first kappa shape index (κ1) is 17.9. The number of benzene rings is 1. The summed E-state index contributed by atoms with van der Waals surface area (Å²) >= 11 is 0. The van der Waals surface area contributed by atoms with Gasteiger partial charge >= 0.3 is 0 Å². The Labute approximate surface area is 160 Å². The van der Waals surface area contributed by atoms with Crippen molar-refractivity contribution in [3.8, 4) is 11.5 Å². The molecule has 1 atom stereocenters. The van der Waals surface area contributed by atoms with Crippen molar-refractivity contribution in [2.45, 2.75) is 45.1 Å². The number of methoxy groups -OCH3 is 2. The highest BCUT2D eigenvalue weighted by atomic mass is 16.5. The molecular formula is C21H28N4O2. The fraction of sp³-hybridized carbons (Fsp3) is 0.524. The molecule has 4 rings (SSSR count). The maximum absolute atomic E-state index is 5.42. The summed E-state index contributed by atoms with van der Waals surface area (Å²) in [5.74, 6) is 3.56. The number of anilines is 2. The summed E-state index contributed by atoms with van der Waals surface area (Å²) in [6.45, 7) is 3.93. The van der Waals surface area contributed by atoms with Crippen LogP contribution in [0.25, 0.3) is 0 Å². The van der Waals surface area contributed by atoms with E-state index < -0.39 is 0 Å². The van der Waals surface area contributed by atoms with E-state index in [1.54, 1.807) is 14.2 Å². The van der Waals surface area contributed by atoms with E-state index in [4.69, 9.17) is 14.5 Å². The van der Waals surface area contributed by atoms with E-state index >= 15 is 0 Å². The quantitative estimate of drug-likeness (QED) is 0.873. The van der Waals surface area contributed by atoms with E-state index in [2.05, 4.69) is 27.3 Å². The molecule has 2 heterocycles. The molecule has 0 saturated carbocycles. The molecule has 1 saturated heterocycles. The average molecular weight is 368 g/mol. The Bertz CT molecular complexity index is 802. The predicted octanol–water partition coefficient (Wildman–Crippen LogP) is 3.37. The van der Waals surface area contributed by atoms with E-state index in [1.807, 2.05) is 13.0 Å². The highest BCUT2D eigenvalue weighted by Crippen LogP contribution is 2.32. The molecule has 1 aromatic carbocycles. The lowest BCUT2D eigenvalue weighted by Gasteiger charge is -2.23. The minimum atomic E-state index is 0.377. The zero-order valence-electron chi connectivity index (χ0n) is 16.4. The standard InChI is InChI=1S/C21H28N4O2/c1-14-22-20-7-5-4-6-19(20)21(23-14)24-15-8-9-25(13-15)16-10-17(26-2)12-18(11-16)27-3/h10-12,15H,4-9,13H2,1-3H3,(H,22,23,24). The third-order valence-corrected chi connectivity index (χ3v) is 5.53. The number of hydrogen-bond acceptors (Lipinski definition) is 6. The summed E-state index contributed by atoms with van der Waals surface area (Å²) in [5, 5.41) is 3.71. The van der Waals surface area contributed by atoms with E-state index in [0.717, 1.165) is 61.2 Å². The molecule has 2 aliphatic rings. The predicted molar refractivity (Wildman–Crippen MR) is 107 cm³/mol. The van der Waals surface area contributed by atoms with Crippen LogP contribution in [0.5, 0.6) is 11.5 Å². The monoisotopic (exact) mass is 368 g/mol. The van der Waals surface area contributed by atoms with Gasteiger partial charge in [-0.3, -0.25) is 0 Å². The molecule has 144 valence electrons. The summed E-state index contributed by atoms with van der Waals surface area (Å²) in [6, 6.07) is 6.43. The van der Waals surface area contributed by atoms with Crippen LogP contribution in [-0.2, 0) is 12.8 Å². The van der Waals surface area contributed by atoms with Gasteiger partial charge in [-0.25, -0.2) is 9.97 Å². The highest BCUT2D eigenvalue weighted by Gasteiger charge is 2.26. The van der Waals surface area contributed by atoms with Gasteiger partial charge in [0.1, 0.15) is 23.1 Å². The summed E-state index contributed by atoms with van der Waals surface area (Å²) in [4.78, 5) is 11.8. The maximum atomic E-state index is 5.42. The first-order chi connectivity index (χ1) is 13.2. The molecule has 0 bridgehead atoms. The Morgan fingerprint density at radius 3 is 2.52 bits per heavy atom. The van der Waals surface area contributed by atoms with Crippen molar-refractivity contribution in [2.75, 3.05) is 37.5 Å². The molecule has 1 N–H and O–H groups in total. The molecule has 6 heteroatoms. The number of nitrogens with zero attached hydrogens (tertiary/aromatic N) is 3. The van der Waals surface area contributed by atoms with Crippen molar-refractivity contribution >= 4 is 11.5 Å². The lowest BCUT2D eigenvalue weighted by molar-refractivity contribution is 0.394. The normalized spacial score (nSPS) is 18.9. The van der Waals surface area contributed by atoms with Gasteiger partial charge < -0.3 is 19.7 Å². The third kappa shape index (κ3) is 3.80. The topological polar surface area (TPSA) is 59.5 Å². The number of ether oxygens (including phenoxy) is 2. The summed E-state index contributed by atoms with van der Waals surface area (Å²) < 4.78 is 10.8. The Balaban J connectivity index is 1.50. The number of fused-ring (bicyclic) bond motifs is 1. The van der Waals surface area contributed by atoms with E-state index in [1.165, 1.54) is 24.1 Å². The average Bonchev–Trinajstić information content (AvgIpc) is 3.16. The maximum Gasteiger partial charge on any atom is 0.133 e. The molecule has 1 unspecified atom stereocenters. The molecule has 1 aromatic heterocycles. The van der Waals surface area contributed by atoms with Crippen LogP contribution in [0.2, 0.25) is 0 Å². The van der Waals surface area contributed by atoms with E-state index in [-0.39, 0.29) is 0 Å². The van der Waals surface area contributed by atoms with Crippen LogP contribution in [0.1, 0.15) is 36.3 Å². The van der Waals surface area contributed by atoms with Gasteiger partial charge in [-0.2, -0.15) is 0 Å². The fourth-order valence-electron chi connectivity index (χ4n) is 4.12. The van der Waals surface area contributed by atoms with E-state index in [9.17, 15) is 0 Å². The first-order valence-corrected chi connectivity index (χ1v) is 9.77. The molecule has 0 spiro atoms. The van der Waals surface area contributed by atoms with Gasteiger partial charge in [-0.05, 0) is 39.0 Å². The largest absolute Gasteiger partial charge is 0.497 e. The van der Waals surface area contributed by atoms with E-state index in [0.29, 0.717) is 6.04 Å². The van der Waals surface area contributed by atoms with Crippen LogP contribution in [0.15, 0.2) is 18.2 Å². The number of hydrogen-bond donors (Lipinski definition) is 1. The van der Waals surface area contributed by atoms with Crippen molar-refractivity contribution in [1.29, 1.82) is 0 Å². The van der Waals surface area contributed by atoms with Crippen LogP contribution in [0.3, 0.4) is 0 Å². The van der Waals surface area contributed by atoms with Gasteiger partial charge in [-0.15, -0.1) is 0 Å². The molecule has 1 fully saturated rings. The van der Waals surface area contributed by atoms with Crippen molar-refractivity contribution < 1.29 is 9.47 Å². The van der Waals surface area contributed by atoms with Crippen molar-refractivity contribution in [1.82, 2.24) is 9.97 Å². The molecule has 6 nitrogen and oxygen atoms in total. The lowest BCUT2D eigenvalue weighted by Crippen LogP contribution is -2.27. The highest BCUT2D eigenvalue weighted by molar-refractivity contribution is 5.57. The van der Waals surface area contributed by atoms with Crippen molar-refractivity contribution in [3.05, 3.63) is 35.3 Å². The summed E-state index contributed by atoms with van der Waals surface area (Å²) in [7, 11) is 3.38. The SMILES string of the molecule is COc1cc(OC)cc(N2CCC(Nc3nc(C)nc4c3CCCC4)C2)c1. The number of aromatic nitrogens is 2. The third-order valence-electron chi connectivity index (χ3n) is 5.53. The van der Waals surface area contributed by atoms with Crippen LogP contribution in [0, 0.1) is 6.92 Å². The molecular weight excluding hydrogens is 340 g/mol. The number of aryl methyl sites for hydroxylation is 2. The minimum Gasteiger partial charge on any atom is -0.497 e. The zero-order chi connectivity index (χ0) is 18.8. The fourth-order valence-corrected chi connectivity index (χ4v) is 4.12. The van der Waals surface area contributed by atoms with Gasteiger partial charge in [0, 0.05) is 54.3 Å². The van der Waals surface area contributed by atoms with Gasteiger partial charge in [0.2, 0.25) is 0 Å². The summed E-state index contributed by atoms with van der Waals surface area (Å²) in [6.07, 6.45) is 5.71. The first-order valence-electron chi connectivity index (χ1n) is 9.77. The van der Waals surface area contributed by atoms with Gasteiger partial charge in [0.25, 0.3) is 0 Å². The molecule has 1 aliphatic heterocycles. The number of nitrogens with one attached hydrogen (secondary N) is 1. The summed E-state index contributed by atoms with van der Waals surface area (Å²) in [5.41, 5.74) is 3.70. The lowest BCUT2D eigenvalue weighted by atomic mass is 9.96. The molecule has 27 heavy (non-hydrogen) atoms. The van der Waals surface area contributed by atoms with Crippen molar-refractivity contribution in [3.63, 3.8) is 0 Å². The van der Waals surface area contributed by atoms with Crippen LogP contribution >= 0.6 is 0 Å². The van der Waals surface area contributed by atoms with Crippen molar-refractivity contribution in [2.24, 2.45) is 0 Å².